The molecule has 0 bridgehead atoms. The number of rotatable bonds is 4. The predicted octanol–water partition coefficient (Wildman–Crippen LogP) is 4.66. The molecular weight excluding hydrogens is 336 g/mol. The SMILES string of the molecule is CC(C)=C/C=C\[C@H](C)[C@H]1CC[C@]2(C)C[C@H]3[C@@H](C(=O)C[C@@]3(C)O)C(C=O)=C[C@@H]12. The fourth-order valence-corrected chi connectivity index (χ4v) is 5.94. The van der Waals surface area contributed by atoms with Crippen LogP contribution < -0.4 is 0 Å². The minimum absolute atomic E-state index is 0.0278. The average molecular weight is 371 g/mol. The molecule has 2 fully saturated rings. The molecule has 2 saturated carbocycles. The van der Waals surface area contributed by atoms with Crippen molar-refractivity contribution in [3.63, 3.8) is 0 Å². The number of allylic oxidation sites excluding steroid dienone is 6. The molecule has 3 heteroatoms. The summed E-state index contributed by atoms with van der Waals surface area (Å²) in [5.41, 5.74) is 0.921. The maximum atomic E-state index is 12.6. The van der Waals surface area contributed by atoms with Gasteiger partial charge in [0, 0.05) is 12.3 Å². The standard InChI is InChI=1S/C24H34O3/c1-15(2)7-6-8-16(3)18-9-10-23(4)12-20-22(17(14-25)11-19(18)23)21(26)13-24(20,5)27/h6-8,11,14,16,18-20,22,27H,9-10,12-13H2,1-5H3/b8-6-/t16-,18+,19-,20-,22-,23+,24+/m0/s1. The second kappa shape index (κ2) is 7.16. The van der Waals surface area contributed by atoms with Crippen LogP contribution in [0.15, 0.2) is 35.5 Å². The molecule has 0 spiro atoms. The molecule has 0 aliphatic heterocycles. The quantitative estimate of drug-likeness (QED) is 0.578. The summed E-state index contributed by atoms with van der Waals surface area (Å²) >= 11 is 0. The Balaban J connectivity index is 1.95. The number of Topliss-reactive ketones (excluding diaryl/α,β-unsaturated/α-hetero) is 1. The first-order valence-corrected chi connectivity index (χ1v) is 10.3. The normalized spacial score (nSPS) is 42.3. The lowest BCUT2D eigenvalue weighted by molar-refractivity contribution is -0.121. The topological polar surface area (TPSA) is 54.4 Å². The first-order valence-electron chi connectivity index (χ1n) is 10.3. The highest BCUT2D eigenvalue weighted by Crippen LogP contribution is 2.59. The Morgan fingerprint density at radius 3 is 2.67 bits per heavy atom. The zero-order valence-electron chi connectivity index (χ0n) is 17.4. The van der Waals surface area contributed by atoms with E-state index in [4.69, 9.17) is 0 Å². The second-order valence-corrected chi connectivity index (χ2v) is 9.94. The van der Waals surface area contributed by atoms with Gasteiger partial charge >= 0.3 is 0 Å². The van der Waals surface area contributed by atoms with Gasteiger partial charge in [-0.05, 0) is 68.8 Å². The molecular formula is C24H34O3. The third kappa shape index (κ3) is 3.63. The Kier molecular flexibility index (Phi) is 5.37. The van der Waals surface area contributed by atoms with Gasteiger partial charge in [-0.15, -0.1) is 0 Å². The van der Waals surface area contributed by atoms with Gasteiger partial charge in [0.1, 0.15) is 12.1 Å². The summed E-state index contributed by atoms with van der Waals surface area (Å²) in [7, 11) is 0. The minimum atomic E-state index is -1.01. The van der Waals surface area contributed by atoms with Crippen LogP contribution in [-0.4, -0.2) is 22.8 Å². The van der Waals surface area contributed by atoms with E-state index in [0.717, 1.165) is 25.5 Å². The lowest BCUT2D eigenvalue weighted by atomic mass is 9.68. The monoisotopic (exact) mass is 370 g/mol. The van der Waals surface area contributed by atoms with Crippen LogP contribution >= 0.6 is 0 Å². The Morgan fingerprint density at radius 1 is 1.33 bits per heavy atom. The van der Waals surface area contributed by atoms with E-state index < -0.39 is 11.5 Å². The lowest BCUT2D eigenvalue weighted by Crippen LogP contribution is -2.36. The van der Waals surface area contributed by atoms with Gasteiger partial charge in [0.05, 0.1) is 11.5 Å². The minimum Gasteiger partial charge on any atom is -0.389 e. The molecule has 0 amide bonds. The van der Waals surface area contributed by atoms with E-state index in [2.05, 4.69) is 52.0 Å². The number of aldehydes is 1. The van der Waals surface area contributed by atoms with Crippen molar-refractivity contribution in [1.82, 2.24) is 0 Å². The molecule has 3 aliphatic rings. The largest absolute Gasteiger partial charge is 0.389 e. The Morgan fingerprint density at radius 2 is 2.04 bits per heavy atom. The number of aliphatic hydroxyl groups is 1. The molecule has 3 rings (SSSR count). The van der Waals surface area contributed by atoms with Crippen LogP contribution in [0.5, 0.6) is 0 Å². The van der Waals surface area contributed by atoms with E-state index in [0.29, 0.717) is 17.4 Å². The van der Waals surface area contributed by atoms with E-state index in [1.165, 1.54) is 5.57 Å². The van der Waals surface area contributed by atoms with E-state index in [9.17, 15) is 14.7 Å². The van der Waals surface area contributed by atoms with Gasteiger partial charge in [-0.1, -0.05) is 43.7 Å². The van der Waals surface area contributed by atoms with Crippen molar-refractivity contribution in [2.24, 2.45) is 35.0 Å². The average Bonchev–Trinajstić information content (AvgIpc) is 2.93. The first kappa shape index (κ1) is 20.3. The molecule has 0 saturated heterocycles. The summed E-state index contributed by atoms with van der Waals surface area (Å²) in [6, 6.07) is 0. The maximum absolute atomic E-state index is 12.6. The van der Waals surface area contributed by atoms with Gasteiger partial charge in [0.15, 0.2) is 0 Å². The smallest absolute Gasteiger partial charge is 0.146 e. The van der Waals surface area contributed by atoms with Gasteiger partial charge in [0.25, 0.3) is 0 Å². The molecule has 148 valence electrons. The highest BCUT2D eigenvalue weighted by atomic mass is 16.3. The molecule has 0 unspecified atom stereocenters. The summed E-state index contributed by atoms with van der Waals surface area (Å²) < 4.78 is 0. The van der Waals surface area contributed by atoms with Crippen LogP contribution in [-0.2, 0) is 9.59 Å². The van der Waals surface area contributed by atoms with Crippen LogP contribution in [0.3, 0.4) is 0 Å². The molecule has 0 aromatic carbocycles. The number of fused-ring (bicyclic) bond motifs is 2. The molecule has 1 N–H and O–H groups in total. The molecule has 0 heterocycles. The van der Waals surface area contributed by atoms with E-state index >= 15 is 0 Å². The number of carbonyl (C=O) groups is 2. The zero-order chi connectivity index (χ0) is 20.0. The maximum Gasteiger partial charge on any atom is 0.146 e. The van der Waals surface area contributed by atoms with Crippen molar-refractivity contribution in [3.05, 3.63) is 35.5 Å². The van der Waals surface area contributed by atoms with Crippen LogP contribution in [0.25, 0.3) is 0 Å². The first-order chi connectivity index (χ1) is 12.6. The predicted molar refractivity (Wildman–Crippen MR) is 108 cm³/mol. The zero-order valence-corrected chi connectivity index (χ0v) is 17.4. The molecule has 7 atom stereocenters. The van der Waals surface area contributed by atoms with E-state index in [-0.39, 0.29) is 29.5 Å². The third-order valence-corrected chi connectivity index (χ3v) is 7.47. The van der Waals surface area contributed by atoms with Crippen molar-refractivity contribution < 1.29 is 14.7 Å². The molecule has 3 aliphatic carbocycles. The summed E-state index contributed by atoms with van der Waals surface area (Å²) in [6.07, 6.45) is 12.7. The summed E-state index contributed by atoms with van der Waals surface area (Å²) in [4.78, 5) is 24.5. The Labute approximate surface area is 163 Å². The van der Waals surface area contributed by atoms with Crippen LogP contribution in [0.1, 0.15) is 60.3 Å². The number of carbonyl (C=O) groups excluding carboxylic acids is 2. The Hall–Kier alpha value is -1.48. The highest BCUT2D eigenvalue weighted by molar-refractivity contribution is 5.94. The van der Waals surface area contributed by atoms with Gasteiger partial charge < -0.3 is 5.11 Å². The summed E-state index contributed by atoms with van der Waals surface area (Å²) in [5.74, 6) is 0.610. The van der Waals surface area contributed by atoms with Crippen LogP contribution in [0.2, 0.25) is 0 Å². The second-order valence-electron chi connectivity index (χ2n) is 9.94. The molecule has 3 nitrogen and oxygen atoms in total. The van der Waals surface area contributed by atoms with Gasteiger partial charge in [-0.2, -0.15) is 0 Å². The van der Waals surface area contributed by atoms with Crippen molar-refractivity contribution in [3.8, 4) is 0 Å². The lowest BCUT2D eigenvalue weighted by Gasteiger charge is -2.37. The van der Waals surface area contributed by atoms with Gasteiger partial charge in [-0.3, -0.25) is 9.59 Å². The number of hydrogen-bond acceptors (Lipinski definition) is 3. The van der Waals surface area contributed by atoms with Crippen LogP contribution in [0, 0.1) is 35.0 Å². The van der Waals surface area contributed by atoms with Crippen molar-refractivity contribution in [2.45, 2.75) is 65.9 Å². The van der Waals surface area contributed by atoms with Gasteiger partial charge in [-0.25, -0.2) is 0 Å². The van der Waals surface area contributed by atoms with Crippen LogP contribution in [0.4, 0.5) is 0 Å². The third-order valence-electron chi connectivity index (χ3n) is 7.47. The number of ketones is 1. The molecule has 27 heavy (non-hydrogen) atoms. The molecule has 0 aromatic rings. The van der Waals surface area contributed by atoms with E-state index in [1.54, 1.807) is 6.92 Å². The van der Waals surface area contributed by atoms with Gasteiger partial charge in [0.2, 0.25) is 0 Å². The fourth-order valence-electron chi connectivity index (χ4n) is 5.94. The van der Waals surface area contributed by atoms with Crippen molar-refractivity contribution in [2.75, 3.05) is 0 Å². The molecule has 0 radical (unpaired) electrons. The molecule has 0 aromatic heterocycles. The summed E-state index contributed by atoms with van der Waals surface area (Å²) in [6.45, 7) is 10.5. The number of hydrogen-bond donors (Lipinski definition) is 1. The van der Waals surface area contributed by atoms with Crippen molar-refractivity contribution >= 4 is 12.1 Å². The highest BCUT2D eigenvalue weighted by Gasteiger charge is 2.57. The summed E-state index contributed by atoms with van der Waals surface area (Å²) in [5, 5.41) is 10.9. The van der Waals surface area contributed by atoms with E-state index in [1.807, 2.05) is 0 Å². The Bertz CT molecular complexity index is 707. The van der Waals surface area contributed by atoms with Crippen molar-refractivity contribution in [1.29, 1.82) is 0 Å². The fraction of sp³-hybridized carbons (Fsp3) is 0.667.